The highest BCUT2D eigenvalue weighted by molar-refractivity contribution is 6.05. The van der Waals surface area contributed by atoms with Crippen molar-refractivity contribution in [2.45, 2.75) is 32.0 Å². The maximum atomic E-state index is 12.9. The number of carbonyl (C=O) groups excluding carboxylic acids is 3. The standard InChI is InChI=1S/C18H16N8O3/c27-16-5-4-15(17(28)21-16)25-8-13-12(18(25)29)2-1-3-14(13)26-7-11(22-23-26)6-24-10-19-9-20-24/h1-3,7,9-10,15H,4-6,8H2,(H,21,27,28). The molecule has 1 saturated heterocycles. The number of nitrogens with zero attached hydrogens (tertiary/aromatic N) is 7. The molecule has 2 aliphatic heterocycles. The predicted molar refractivity (Wildman–Crippen MR) is 96.5 cm³/mol. The largest absolute Gasteiger partial charge is 0.322 e. The van der Waals surface area contributed by atoms with Crippen molar-refractivity contribution >= 4 is 17.7 Å². The van der Waals surface area contributed by atoms with E-state index in [0.29, 0.717) is 24.2 Å². The number of hydrogen-bond donors (Lipinski definition) is 1. The molecule has 5 rings (SSSR count). The Morgan fingerprint density at radius 3 is 2.90 bits per heavy atom. The number of rotatable bonds is 4. The molecule has 11 heteroatoms. The van der Waals surface area contributed by atoms with Crippen LogP contribution in [0.4, 0.5) is 0 Å². The van der Waals surface area contributed by atoms with E-state index in [1.54, 1.807) is 34.0 Å². The second-order valence-electron chi connectivity index (χ2n) is 6.95. The number of benzene rings is 1. The molecule has 0 spiro atoms. The van der Waals surface area contributed by atoms with Crippen LogP contribution in [0, 0.1) is 0 Å². The van der Waals surface area contributed by atoms with Crippen LogP contribution >= 0.6 is 0 Å². The number of carbonyl (C=O) groups is 3. The lowest BCUT2D eigenvalue weighted by molar-refractivity contribution is -0.136. The van der Waals surface area contributed by atoms with Gasteiger partial charge in [0.2, 0.25) is 11.8 Å². The van der Waals surface area contributed by atoms with E-state index < -0.39 is 11.9 Å². The Labute approximate surface area is 164 Å². The summed E-state index contributed by atoms with van der Waals surface area (Å²) in [4.78, 5) is 42.0. The summed E-state index contributed by atoms with van der Waals surface area (Å²) in [5, 5.41) is 14.7. The molecule has 0 saturated carbocycles. The lowest BCUT2D eigenvalue weighted by Crippen LogP contribution is -2.52. The number of aromatic nitrogens is 6. The summed E-state index contributed by atoms with van der Waals surface area (Å²) in [5.41, 5.74) is 2.72. The van der Waals surface area contributed by atoms with Crippen molar-refractivity contribution in [1.29, 1.82) is 0 Å². The summed E-state index contributed by atoms with van der Waals surface area (Å²) in [6, 6.07) is 4.71. The predicted octanol–water partition coefficient (Wildman–Crippen LogP) is -0.332. The molecule has 1 unspecified atom stereocenters. The molecule has 3 aromatic rings. The Kier molecular flexibility index (Phi) is 3.93. The highest BCUT2D eigenvalue weighted by Gasteiger charge is 2.40. The first kappa shape index (κ1) is 17.2. The molecule has 1 N–H and O–H groups in total. The minimum Gasteiger partial charge on any atom is -0.322 e. The van der Waals surface area contributed by atoms with Gasteiger partial charge in [0.05, 0.1) is 18.4 Å². The molecule has 4 heterocycles. The van der Waals surface area contributed by atoms with Crippen molar-refractivity contribution < 1.29 is 14.4 Å². The van der Waals surface area contributed by atoms with Crippen molar-refractivity contribution in [3.05, 3.63) is 53.9 Å². The van der Waals surface area contributed by atoms with Crippen LogP contribution in [0.5, 0.6) is 0 Å². The van der Waals surface area contributed by atoms with Crippen LogP contribution in [0.15, 0.2) is 37.1 Å². The smallest absolute Gasteiger partial charge is 0.255 e. The van der Waals surface area contributed by atoms with Gasteiger partial charge in [-0.3, -0.25) is 19.7 Å². The van der Waals surface area contributed by atoms with E-state index in [-0.39, 0.29) is 24.8 Å². The lowest BCUT2D eigenvalue weighted by atomic mass is 10.0. The van der Waals surface area contributed by atoms with Crippen LogP contribution in [0.1, 0.15) is 34.5 Å². The Hall–Kier alpha value is -3.89. The number of amides is 3. The number of piperidine rings is 1. The summed E-state index contributed by atoms with van der Waals surface area (Å²) in [7, 11) is 0. The van der Waals surface area contributed by atoms with Crippen molar-refractivity contribution in [2.75, 3.05) is 0 Å². The van der Waals surface area contributed by atoms with Gasteiger partial charge in [-0.25, -0.2) is 14.3 Å². The highest BCUT2D eigenvalue weighted by Crippen LogP contribution is 2.31. The van der Waals surface area contributed by atoms with Gasteiger partial charge in [-0.15, -0.1) is 5.10 Å². The number of nitrogens with one attached hydrogen (secondary N) is 1. The zero-order chi connectivity index (χ0) is 20.0. The topological polar surface area (TPSA) is 128 Å². The number of imide groups is 1. The minimum absolute atomic E-state index is 0.220. The maximum absolute atomic E-state index is 12.9. The molecule has 1 atom stereocenters. The average Bonchev–Trinajstić information content (AvgIpc) is 3.44. The summed E-state index contributed by atoms with van der Waals surface area (Å²) in [5.74, 6) is -0.960. The second kappa shape index (κ2) is 6.62. The molecule has 1 fully saturated rings. The Balaban J connectivity index is 1.43. The normalized spacial score (nSPS) is 18.8. The third-order valence-electron chi connectivity index (χ3n) is 5.14. The molecular weight excluding hydrogens is 376 g/mol. The molecule has 0 aliphatic carbocycles. The molecule has 29 heavy (non-hydrogen) atoms. The first-order valence-corrected chi connectivity index (χ1v) is 9.11. The van der Waals surface area contributed by atoms with Crippen LogP contribution in [0.3, 0.4) is 0 Å². The molecule has 11 nitrogen and oxygen atoms in total. The SMILES string of the molecule is O=C1CCC(N2Cc3c(cccc3-n3cc(Cn4cncn4)nn3)C2=O)C(=O)N1. The molecule has 3 amide bonds. The molecule has 2 aliphatic rings. The van der Waals surface area contributed by atoms with Crippen LogP contribution in [0.2, 0.25) is 0 Å². The number of hydrogen-bond acceptors (Lipinski definition) is 7. The van der Waals surface area contributed by atoms with Crippen LogP contribution in [0.25, 0.3) is 5.69 Å². The van der Waals surface area contributed by atoms with Crippen LogP contribution in [-0.4, -0.2) is 58.4 Å². The van der Waals surface area contributed by atoms with Gasteiger partial charge in [-0.05, 0) is 18.6 Å². The van der Waals surface area contributed by atoms with E-state index in [1.807, 2.05) is 6.07 Å². The average molecular weight is 392 g/mol. The fraction of sp³-hybridized carbons (Fsp3) is 0.278. The minimum atomic E-state index is -0.654. The molecule has 0 radical (unpaired) electrons. The van der Waals surface area contributed by atoms with E-state index in [1.165, 1.54) is 11.2 Å². The third-order valence-corrected chi connectivity index (χ3v) is 5.14. The van der Waals surface area contributed by atoms with Gasteiger partial charge >= 0.3 is 0 Å². The van der Waals surface area contributed by atoms with Gasteiger partial charge < -0.3 is 4.90 Å². The quantitative estimate of drug-likeness (QED) is 0.602. The zero-order valence-electron chi connectivity index (χ0n) is 15.2. The third kappa shape index (κ3) is 2.96. The van der Waals surface area contributed by atoms with Crippen molar-refractivity contribution in [3.63, 3.8) is 0 Å². The fourth-order valence-corrected chi connectivity index (χ4v) is 3.75. The lowest BCUT2D eigenvalue weighted by Gasteiger charge is -2.29. The first-order valence-electron chi connectivity index (χ1n) is 9.11. The summed E-state index contributed by atoms with van der Waals surface area (Å²) in [6.45, 7) is 0.700. The highest BCUT2D eigenvalue weighted by atomic mass is 16.2. The van der Waals surface area contributed by atoms with Gasteiger partial charge in [-0.2, -0.15) is 5.10 Å². The Morgan fingerprint density at radius 1 is 1.21 bits per heavy atom. The Morgan fingerprint density at radius 2 is 2.10 bits per heavy atom. The molecule has 146 valence electrons. The number of fused-ring (bicyclic) bond motifs is 1. The molecule has 0 bridgehead atoms. The van der Waals surface area contributed by atoms with E-state index in [0.717, 1.165) is 11.3 Å². The summed E-state index contributed by atoms with van der Waals surface area (Å²) in [6.07, 6.45) is 5.36. The second-order valence-corrected chi connectivity index (χ2v) is 6.95. The van der Waals surface area contributed by atoms with Crippen molar-refractivity contribution in [2.24, 2.45) is 0 Å². The fourth-order valence-electron chi connectivity index (χ4n) is 3.75. The first-order chi connectivity index (χ1) is 14.1. The Bertz CT molecular complexity index is 1120. The van der Waals surface area contributed by atoms with E-state index in [2.05, 4.69) is 25.7 Å². The van der Waals surface area contributed by atoms with Gasteiger partial charge in [0.1, 0.15) is 24.4 Å². The summed E-state index contributed by atoms with van der Waals surface area (Å²) < 4.78 is 3.25. The van der Waals surface area contributed by atoms with E-state index in [4.69, 9.17) is 0 Å². The molecule has 1 aromatic carbocycles. The van der Waals surface area contributed by atoms with Gasteiger partial charge in [0.15, 0.2) is 0 Å². The van der Waals surface area contributed by atoms with E-state index in [9.17, 15) is 14.4 Å². The van der Waals surface area contributed by atoms with Gasteiger partial charge in [0.25, 0.3) is 5.91 Å². The zero-order valence-corrected chi connectivity index (χ0v) is 15.2. The van der Waals surface area contributed by atoms with Crippen molar-refractivity contribution in [3.8, 4) is 5.69 Å². The summed E-state index contributed by atoms with van der Waals surface area (Å²) >= 11 is 0. The molecule has 2 aromatic heterocycles. The van der Waals surface area contributed by atoms with Gasteiger partial charge in [-0.1, -0.05) is 11.3 Å². The van der Waals surface area contributed by atoms with Crippen LogP contribution in [-0.2, 0) is 22.7 Å². The monoisotopic (exact) mass is 392 g/mol. The van der Waals surface area contributed by atoms with E-state index >= 15 is 0 Å². The maximum Gasteiger partial charge on any atom is 0.255 e. The van der Waals surface area contributed by atoms with Crippen molar-refractivity contribution in [1.82, 2.24) is 40.0 Å². The molecular formula is C18H16N8O3. The van der Waals surface area contributed by atoms with Crippen LogP contribution < -0.4 is 5.32 Å². The van der Waals surface area contributed by atoms with Gasteiger partial charge in [0, 0.05) is 24.1 Å².